The zero-order chi connectivity index (χ0) is 11.4. The van der Waals surface area contributed by atoms with Gasteiger partial charge in [-0.2, -0.15) is 0 Å². The first-order valence-corrected chi connectivity index (χ1v) is 5.97. The molecule has 0 saturated heterocycles. The molecule has 84 valence electrons. The third-order valence-corrected chi connectivity index (χ3v) is 2.96. The molecule has 0 spiro atoms. The predicted octanol–water partition coefficient (Wildman–Crippen LogP) is 2.13. The van der Waals surface area contributed by atoms with E-state index in [0.29, 0.717) is 11.1 Å². The second-order valence-electron chi connectivity index (χ2n) is 3.44. The van der Waals surface area contributed by atoms with Crippen LogP contribution in [0.1, 0.15) is 17.0 Å². The second-order valence-corrected chi connectivity index (χ2v) is 4.37. The molecule has 0 aliphatic rings. The molecule has 0 aliphatic heterocycles. The average molecular weight is 235 g/mol. The van der Waals surface area contributed by atoms with Crippen molar-refractivity contribution < 1.29 is 4.42 Å². The van der Waals surface area contributed by atoms with E-state index in [4.69, 9.17) is 10.2 Å². The van der Waals surface area contributed by atoms with E-state index in [-0.39, 0.29) is 6.54 Å². The van der Waals surface area contributed by atoms with Crippen LogP contribution in [-0.2, 0) is 12.3 Å². The monoisotopic (exact) mass is 235 g/mol. The summed E-state index contributed by atoms with van der Waals surface area (Å²) in [5.41, 5.74) is 7.89. The Labute approximate surface area is 98.2 Å². The van der Waals surface area contributed by atoms with Gasteiger partial charge in [-0.25, -0.2) is 0 Å². The van der Waals surface area contributed by atoms with E-state index in [1.165, 1.54) is 22.9 Å². The highest BCUT2D eigenvalue weighted by Crippen LogP contribution is 2.21. The highest BCUT2D eigenvalue weighted by Gasteiger charge is 2.05. The number of rotatable bonds is 4. The number of thioether (sulfide) groups is 1. The van der Waals surface area contributed by atoms with Crippen molar-refractivity contribution in [2.45, 2.75) is 24.4 Å². The molecule has 0 radical (unpaired) electrons. The highest BCUT2D eigenvalue weighted by molar-refractivity contribution is 7.98. The van der Waals surface area contributed by atoms with Gasteiger partial charge >= 0.3 is 0 Å². The highest BCUT2D eigenvalue weighted by atomic mass is 32.2. The van der Waals surface area contributed by atoms with Crippen LogP contribution in [0, 0.1) is 6.92 Å². The standard InChI is InChI=1S/C11H13N3OS/c1-8-3-2-4-9(5-8)7-16-11-14-13-10(6-12)15-11/h2-5H,6-7,12H2,1H3. The van der Waals surface area contributed by atoms with E-state index >= 15 is 0 Å². The molecule has 0 aliphatic carbocycles. The number of benzene rings is 1. The van der Waals surface area contributed by atoms with Crippen LogP contribution < -0.4 is 5.73 Å². The van der Waals surface area contributed by atoms with Gasteiger partial charge in [0, 0.05) is 5.75 Å². The van der Waals surface area contributed by atoms with Gasteiger partial charge in [0.25, 0.3) is 5.22 Å². The van der Waals surface area contributed by atoms with Crippen molar-refractivity contribution in [3.63, 3.8) is 0 Å². The Balaban J connectivity index is 1.96. The molecule has 2 rings (SSSR count). The third kappa shape index (κ3) is 2.84. The van der Waals surface area contributed by atoms with Crippen molar-refractivity contribution in [1.29, 1.82) is 0 Å². The molecule has 1 heterocycles. The molecule has 5 heteroatoms. The summed E-state index contributed by atoms with van der Waals surface area (Å²) in [5.74, 6) is 1.31. The Hall–Kier alpha value is -1.33. The minimum atomic E-state index is 0.290. The molecule has 0 saturated carbocycles. The van der Waals surface area contributed by atoms with Gasteiger partial charge in [0.2, 0.25) is 5.89 Å². The molecular weight excluding hydrogens is 222 g/mol. The van der Waals surface area contributed by atoms with Gasteiger partial charge in [-0.3, -0.25) is 0 Å². The number of aryl methyl sites for hydroxylation is 1. The Morgan fingerprint density at radius 3 is 2.94 bits per heavy atom. The number of hydrogen-bond acceptors (Lipinski definition) is 5. The van der Waals surface area contributed by atoms with Crippen molar-refractivity contribution in [3.05, 3.63) is 41.3 Å². The Kier molecular flexibility index (Phi) is 3.58. The third-order valence-electron chi connectivity index (χ3n) is 2.07. The number of nitrogens with two attached hydrogens (primary N) is 1. The summed E-state index contributed by atoms with van der Waals surface area (Å²) in [6.45, 7) is 2.37. The number of aromatic nitrogens is 2. The molecule has 16 heavy (non-hydrogen) atoms. The lowest BCUT2D eigenvalue weighted by molar-refractivity contribution is 0.415. The van der Waals surface area contributed by atoms with E-state index in [0.717, 1.165) is 5.75 Å². The van der Waals surface area contributed by atoms with Crippen LogP contribution in [0.3, 0.4) is 0 Å². The molecule has 1 aromatic carbocycles. The van der Waals surface area contributed by atoms with Crippen LogP contribution in [0.2, 0.25) is 0 Å². The summed E-state index contributed by atoms with van der Waals surface area (Å²) in [4.78, 5) is 0. The molecule has 0 fully saturated rings. The van der Waals surface area contributed by atoms with Gasteiger partial charge in [0.15, 0.2) is 0 Å². The van der Waals surface area contributed by atoms with Crippen molar-refractivity contribution >= 4 is 11.8 Å². The van der Waals surface area contributed by atoms with Crippen LogP contribution >= 0.6 is 11.8 Å². The molecule has 0 unspecified atom stereocenters. The molecule has 0 amide bonds. The fraction of sp³-hybridized carbons (Fsp3) is 0.273. The molecule has 0 atom stereocenters. The average Bonchev–Trinajstić information content (AvgIpc) is 2.74. The van der Waals surface area contributed by atoms with Crippen LogP contribution in [0.25, 0.3) is 0 Å². The Morgan fingerprint density at radius 2 is 2.25 bits per heavy atom. The first kappa shape index (κ1) is 11.2. The maximum atomic E-state index is 5.38. The predicted molar refractivity (Wildman–Crippen MR) is 62.9 cm³/mol. The molecule has 2 aromatic rings. The van der Waals surface area contributed by atoms with E-state index in [1.807, 2.05) is 6.07 Å². The maximum absolute atomic E-state index is 5.38. The van der Waals surface area contributed by atoms with E-state index < -0.39 is 0 Å². The molecule has 0 bridgehead atoms. The van der Waals surface area contributed by atoms with Crippen LogP contribution in [0.15, 0.2) is 33.9 Å². The number of nitrogens with zero attached hydrogens (tertiary/aromatic N) is 2. The van der Waals surface area contributed by atoms with Crippen molar-refractivity contribution in [3.8, 4) is 0 Å². The summed E-state index contributed by atoms with van der Waals surface area (Å²) in [5, 5.41) is 8.26. The smallest absolute Gasteiger partial charge is 0.276 e. The molecular formula is C11H13N3OS. The van der Waals surface area contributed by atoms with Gasteiger partial charge in [-0.1, -0.05) is 41.6 Å². The fourth-order valence-electron chi connectivity index (χ4n) is 1.33. The summed E-state index contributed by atoms with van der Waals surface area (Å²) in [6.07, 6.45) is 0. The van der Waals surface area contributed by atoms with Crippen molar-refractivity contribution in [2.75, 3.05) is 0 Å². The molecule has 1 aromatic heterocycles. The topological polar surface area (TPSA) is 64.9 Å². The van der Waals surface area contributed by atoms with Crippen molar-refractivity contribution in [2.24, 2.45) is 5.73 Å². The first-order valence-electron chi connectivity index (χ1n) is 4.98. The van der Waals surface area contributed by atoms with Gasteiger partial charge in [-0.15, -0.1) is 10.2 Å². The van der Waals surface area contributed by atoms with Gasteiger partial charge in [0.1, 0.15) is 0 Å². The normalized spacial score (nSPS) is 10.6. The minimum absolute atomic E-state index is 0.290. The lowest BCUT2D eigenvalue weighted by atomic mass is 10.2. The molecule has 4 nitrogen and oxygen atoms in total. The van der Waals surface area contributed by atoms with Gasteiger partial charge in [0.05, 0.1) is 6.54 Å². The van der Waals surface area contributed by atoms with Gasteiger partial charge in [-0.05, 0) is 12.5 Å². The van der Waals surface area contributed by atoms with Crippen LogP contribution in [0.4, 0.5) is 0 Å². The van der Waals surface area contributed by atoms with Gasteiger partial charge < -0.3 is 10.2 Å². The Morgan fingerprint density at radius 1 is 1.38 bits per heavy atom. The Bertz CT molecular complexity index is 470. The first-order chi connectivity index (χ1) is 7.78. The van der Waals surface area contributed by atoms with E-state index in [9.17, 15) is 0 Å². The second kappa shape index (κ2) is 5.14. The maximum Gasteiger partial charge on any atom is 0.276 e. The number of hydrogen-bond donors (Lipinski definition) is 1. The van der Waals surface area contributed by atoms with Crippen LogP contribution in [-0.4, -0.2) is 10.2 Å². The summed E-state index contributed by atoms with van der Waals surface area (Å²) < 4.78 is 5.30. The van der Waals surface area contributed by atoms with Crippen LogP contribution in [0.5, 0.6) is 0 Å². The zero-order valence-electron chi connectivity index (χ0n) is 9.01. The summed E-state index contributed by atoms with van der Waals surface area (Å²) >= 11 is 1.52. The minimum Gasteiger partial charge on any atom is -0.415 e. The van der Waals surface area contributed by atoms with E-state index in [2.05, 4.69) is 35.3 Å². The SMILES string of the molecule is Cc1cccc(CSc2nnc(CN)o2)c1. The summed E-state index contributed by atoms with van der Waals surface area (Å²) in [7, 11) is 0. The van der Waals surface area contributed by atoms with Crippen molar-refractivity contribution in [1.82, 2.24) is 10.2 Å². The quantitative estimate of drug-likeness (QED) is 0.822. The van der Waals surface area contributed by atoms with E-state index in [1.54, 1.807) is 0 Å². The lowest BCUT2D eigenvalue weighted by Gasteiger charge is -1.99. The zero-order valence-corrected chi connectivity index (χ0v) is 9.83. The largest absolute Gasteiger partial charge is 0.415 e. The summed E-state index contributed by atoms with van der Waals surface area (Å²) in [6, 6.07) is 8.35. The lowest BCUT2D eigenvalue weighted by Crippen LogP contribution is -1.95. The molecule has 2 N–H and O–H groups in total. The fourth-order valence-corrected chi connectivity index (χ4v) is 2.05.